The van der Waals surface area contributed by atoms with Crippen LogP contribution in [0, 0.1) is 0 Å². The summed E-state index contributed by atoms with van der Waals surface area (Å²) in [6, 6.07) is 22.7. The van der Waals surface area contributed by atoms with Crippen LogP contribution < -0.4 is 4.74 Å². The lowest BCUT2D eigenvalue weighted by atomic mass is 10.1. The molecule has 196 valence electrons. The average Bonchev–Trinajstić information content (AvgIpc) is 2.87. The fourth-order valence-corrected chi connectivity index (χ4v) is 8.47. The predicted molar refractivity (Wildman–Crippen MR) is 137 cm³/mol. The maximum Gasteiger partial charge on any atom is 0.524 e. The van der Waals surface area contributed by atoms with Crippen LogP contribution in [0.2, 0.25) is 0 Å². The number of unbranched alkanes of at least 4 members (excludes halogenated alkanes) is 5. The van der Waals surface area contributed by atoms with Crippen molar-refractivity contribution in [1.29, 1.82) is 0 Å². The molecule has 9 heteroatoms. The molecule has 36 heavy (non-hydrogen) atoms. The smallest absolute Gasteiger partial charge is 0.494 e. The van der Waals surface area contributed by atoms with Gasteiger partial charge in [0.1, 0.15) is 5.75 Å². The van der Waals surface area contributed by atoms with Gasteiger partial charge >= 0.3 is 15.6 Å². The van der Waals surface area contributed by atoms with Crippen molar-refractivity contribution in [2.24, 2.45) is 0 Å². The van der Waals surface area contributed by atoms with E-state index in [9.17, 15) is 21.6 Å². The molecule has 0 N–H and O–H groups in total. The first-order valence-corrected chi connectivity index (χ1v) is 14.9. The Bertz CT molecular complexity index is 1130. The van der Waals surface area contributed by atoms with Crippen molar-refractivity contribution in [3.63, 3.8) is 0 Å². The van der Waals surface area contributed by atoms with E-state index >= 15 is 0 Å². The summed E-state index contributed by atoms with van der Waals surface area (Å²) in [4.78, 5) is 0.953. The minimum absolute atomic E-state index is 0.305. The van der Waals surface area contributed by atoms with Gasteiger partial charge in [0.25, 0.3) is 0 Å². The van der Waals surface area contributed by atoms with Gasteiger partial charge < -0.3 is 4.74 Å². The third-order valence-electron chi connectivity index (χ3n) is 5.55. The average molecular weight is 541 g/mol. The summed E-state index contributed by atoms with van der Waals surface area (Å²) < 4.78 is 76.4. The summed E-state index contributed by atoms with van der Waals surface area (Å²) in [5, 5.41) is 0. The van der Waals surface area contributed by atoms with Crippen molar-refractivity contribution in [3.05, 3.63) is 84.9 Å². The molecule has 0 aliphatic carbocycles. The maximum atomic E-state index is 13.5. The van der Waals surface area contributed by atoms with E-state index in [1.54, 1.807) is 84.9 Å². The third-order valence-corrected chi connectivity index (χ3v) is 10.5. The van der Waals surface area contributed by atoms with Gasteiger partial charge in [-0.05, 0) is 65.3 Å². The Kier molecular flexibility index (Phi) is 9.87. The van der Waals surface area contributed by atoms with Gasteiger partial charge in [0.2, 0.25) is 0 Å². The minimum Gasteiger partial charge on any atom is -0.494 e. The second kappa shape index (κ2) is 12.7. The fraction of sp³-hybridized carbons (Fsp3) is 0.333. The largest absolute Gasteiger partial charge is 0.524 e. The lowest BCUT2D eigenvalue weighted by molar-refractivity contribution is -0.0496. The Balaban J connectivity index is 1.97. The highest BCUT2D eigenvalue weighted by atomic mass is 32.3. The maximum absolute atomic E-state index is 13.5. The highest BCUT2D eigenvalue weighted by molar-refractivity contribution is 8.33. The third kappa shape index (κ3) is 6.83. The normalized spacial score (nSPS) is 12.9. The molecule has 0 atom stereocenters. The van der Waals surface area contributed by atoms with Crippen LogP contribution >= 0.6 is 10.3 Å². The van der Waals surface area contributed by atoms with Crippen LogP contribution in [0.3, 0.4) is 0 Å². The first-order chi connectivity index (χ1) is 17.2. The summed E-state index contributed by atoms with van der Waals surface area (Å²) in [6.45, 7) is 2.70. The van der Waals surface area contributed by atoms with E-state index in [2.05, 4.69) is 6.92 Å². The standard InChI is InChI=1S/C27H31F3O4S2/c1-2-3-4-5-6-13-22-33-23-18-20-26(21-19-23)35(24-14-9-7-10-15-24,25-16-11-8-12-17-25)34-36(31,32)27(28,29)30/h7-12,14-21H,2-6,13,22H2,1H3. The Hall–Kier alpha value is -2.49. The molecule has 0 aliphatic heterocycles. The molecule has 0 aliphatic rings. The molecule has 0 aromatic heterocycles. The molecule has 0 saturated carbocycles. The molecule has 0 radical (unpaired) electrons. The van der Waals surface area contributed by atoms with E-state index in [-0.39, 0.29) is 0 Å². The molecule has 0 fully saturated rings. The van der Waals surface area contributed by atoms with Crippen molar-refractivity contribution >= 4 is 20.4 Å². The second-order valence-electron chi connectivity index (χ2n) is 8.24. The highest BCUT2D eigenvalue weighted by Crippen LogP contribution is 2.70. The molecule has 3 aromatic carbocycles. The lowest BCUT2D eigenvalue weighted by Gasteiger charge is -2.39. The zero-order valence-electron chi connectivity index (χ0n) is 20.1. The quantitative estimate of drug-likeness (QED) is 0.161. The number of alkyl halides is 3. The molecule has 0 saturated heterocycles. The lowest BCUT2D eigenvalue weighted by Crippen LogP contribution is -2.27. The van der Waals surface area contributed by atoms with Crippen molar-refractivity contribution in [3.8, 4) is 5.75 Å². The van der Waals surface area contributed by atoms with Crippen LogP contribution in [-0.4, -0.2) is 20.5 Å². The van der Waals surface area contributed by atoms with E-state index in [1.165, 1.54) is 19.3 Å². The summed E-state index contributed by atoms with van der Waals surface area (Å²) >= 11 is 0. The molecule has 0 unspecified atom stereocenters. The van der Waals surface area contributed by atoms with Gasteiger partial charge in [0, 0.05) is 14.7 Å². The molecule has 0 bridgehead atoms. The zero-order valence-corrected chi connectivity index (χ0v) is 21.7. The number of benzene rings is 3. The van der Waals surface area contributed by atoms with Gasteiger partial charge in [-0.15, -0.1) is 0 Å². The van der Waals surface area contributed by atoms with Gasteiger partial charge in [-0.3, -0.25) is 0 Å². The van der Waals surface area contributed by atoms with E-state index in [0.717, 1.165) is 19.3 Å². The Morgan fingerprint density at radius 2 is 1.14 bits per heavy atom. The Morgan fingerprint density at radius 3 is 1.64 bits per heavy atom. The molecule has 4 nitrogen and oxygen atoms in total. The van der Waals surface area contributed by atoms with E-state index in [0.29, 0.717) is 27.0 Å². The van der Waals surface area contributed by atoms with E-state index in [1.807, 2.05) is 0 Å². The summed E-state index contributed by atoms with van der Waals surface area (Å²) in [6.07, 6.45) is 6.74. The van der Waals surface area contributed by atoms with Gasteiger partial charge in [-0.1, -0.05) is 75.4 Å². The number of hydrogen-bond donors (Lipinski definition) is 0. The summed E-state index contributed by atoms with van der Waals surface area (Å²) in [5.74, 6) is 0.556. The van der Waals surface area contributed by atoms with Gasteiger partial charge in [-0.25, -0.2) is 0 Å². The van der Waals surface area contributed by atoms with Crippen LogP contribution in [0.1, 0.15) is 45.4 Å². The van der Waals surface area contributed by atoms with Crippen LogP contribution in [0.15, 0.2) is 99.6 Å². The van der Waals surface area contributed by atoms with Crippen LogP contribution in [0.5, 0.6) is 5.75 Å². The molecule has 3 aromatic rings. The number of halogens is 3. The van der Waals surface area contributed by atoms with Gasteiger partial charge in [-0.2, -0.15) is 25.2 Å². The Morgan fingerprint density at radius 1 is 0.667 bits per heavy atom. The van der Waals surface area contributed by atoms with E-state index in [4.69, 9.17) is 8.37 Å². The second-order valence-corrected chi connectivity index (χ2v) is 12.7. The fourth-order valence-electron chi connectivity index (χ4n) is 3.72. The molecule has 3 rings (SSSR count). The minimum atomic E-state index is -5.93. The monoisotopic (exact) mass is 540 g/mol. The molecule has 0 spiro atoms. The topological polar surface area (TPSA) is 52.6 Å². The first kappa shape index (κ1) is 28.1. The zero-order chi connectivity index (χ0) is 26.1. The van der Waals surface area contributed by atoms with Crippen molar-refractivity contribution in [2.45, 2.75) is 65.6 Å². The van der Waals surface area contributed by atoms with Gasteiger partial charge in [0.15, 0.2) is 0 Å². The molecular formula is C27H31F3O4S2. The number of rotatable bonds is 13. The first-order valence-electron chi connectivity index (χ1n) is 11.9. The SMILES string of the molecule is CCCCCCCCOc1ccc(S(OS(=O)(=O)C(F)(F)F)(c2ccccc2)c2ccccc2)cc1. The molecule has 0 amide bonds. The van der Waals surface area contributed by atoms with Crippen LogP contribution in [0.4, 0.5) is 13.2 Å². The molecule has 0 heterocycles. The van der Waals surface area contributed by atoms with Crippen molar-refractivity contribution in [1.82, 2.24) is 0 Å². The number of hydrogen-bond acceptors (Lipinski definition) is 4. The summed E-state index contributed by atoms with van der Waals surface area (Å²) in [5.41, 5.74) is -5.57. The van der Waals surface area contributed by atoms with Crippen LogP contribution in [0.25, 0.3) is 0 Å². The van der Waals surface area contributed by atoms with Crippen molar-refractivity contribution < 1.29 is 30.0 Å². The highest BCUT2D eigenvalue weighted by Gasteiger charge is 2.52. The summed E-state index contributed by atoms with van der Waals surface area (Å²) in [7, 11) is -9.22. The number of ether oxygens (including phenoxy) is 1. The van der Waals surface area contributed by atoms with Gasteiger partial charge in [0.05, 0.1) is 6.61 Å². The Labute approximate surface area is 213 Å². The van der Waals surface area contributed by atoms with Crippen molar-refractivity contribution in [2.75, 3.05) is 6.61 Å². The van der Waals surface area contributed by atoms with Crippen LogP contribution in [-0.2, 0) is 13.7 Å². The predicted octanol–water partition coefficient (Wildman–Crippen LogP) is 8.49. The molecular weight excluding hydrogens is 509 g/mol. The van der Waals surface area contributed by atoms with E-state index < -0.39 is 25.9 Å².